The highest BCUT2D eigenvalue weighted by Crippen LogP contribution is 2.29. The highest BCUT2D eigenvalue weighted by Gasteiger charge is 2.19. The second-order valence-electron chi connectivity index (χ2n) is 5.83. The third-order valence-electron chi connectivity index (χ3n) is 4.31. The average Bonchev–Trinajstić information content (AvgIpc) is 3.19. The van der Waals surface area contributed by atoms with Gasteiger partial charge < -0.3 is 5.32 Å². The third kappa shape index (κ3) is 3.50. The predicted octanol–water partition coefficient (Wildman–Crippen LogP) is 3.29. The molecule has 0 spiro atoms. The smallest absolute Gasteiger partial charge is 0.0643 e. The van der Waals surface area contributed by atoms with Crippen LogP contribution in [0, 0.1) is 0 Å². The Labute approximate surface area is 126 Å². The molecular weight excluding hydrogens is 260 g/mol. The van der Waals surface area contributed by atoms with Crippen LogP contribution < -0.4 is 5.32 Å². The Kier molecular flexibility index (Phi) is 4.65. The van der Waals surface area contributed by atoms with Gasteiger partial charge in [0.25, 0.3) is 0 Å². The molecule has 3 rings (SSSR count). The van der Waals surface area contributed by atoms with Gasteiger partial charge in [-0.25, -0.2) is 0 Å². The number of aromatic nitrogens is 3. The van der Waals surface area contributed by atoms with Crippen LogP contribution in [-0.4, -0.2) is 21.3 Å². The maximum absolute atomic E-state index is 4.80. The molecule has 0 amide bonds. The molecule has 1 unspecified atom stereocenters. The molecule has 2 heterocycles. The number of nitrogens with zero attached hydrogens (tertiary/aromatic N) is 3. The minimum absolute atomic E-state index is 0.288. The molecule has 0 bridgehead atoms. The van der Waals surface area contributed by atoms with Crippen molar-refractivity contribution in [3.05, 3.63) is 48.0 Å². The second-order valence-corrected chi connectivity index (χ2v) is 5.83. The van der Waals surface area contributed by atoms with E-state index >= 15 is 0 Å². The quantitative estimate of drug-likeness (QED) is 0.885. The molecule has 0 aliphatic heterocycles. The zero-order valence-corrected chi connectivity index (χ0v) is 12.7. The number of rotatable bonds is 6. The van der Waals surface area contributed by atoms with Gasteiger partial charge in [-0.3, -0.25) is 9.67 Å². The predicted molar refractivity (Wildman–Crippen MR) is 84.1 cm³/mol. The van der Waals surface area contributed by atoms with Crippen molar-refractivity contribution in [2.45, 2.75) is 51.1 Å². The molecule has 1 fully saturated rings. The van der Waals surface area contributed by atoms with Crippen LogP contribution in [0.1, 0.15) is 55.9 Å². The van der Waals surface area contributed by atoms with Crippen molar-refractivity contribution in [3.63, 3.8) is 0 Å². The Hall–Kier alpha value is -1.68. The van der Waals surface area contributed by atoms with Crippen molar-refractivity contribution in [2.24, 2.45) is 0 Å². The van der Waals surface area contributed by atoms with Crippen LogP contribution in [0.4, 0.5) is 0 Å². The first-order chi connectivity index (χ1) is 10.4. The third-order valence-corrected chi connectivity index (χ3v) is 4.31. The van der Waals surface area contributed by atoms with Gasteiger partial charge in [0.2, 0.25) is 0 Å². The summed E-state index contributed by atoms with van der Waals surface area (Å²) in [6.45, 7) is 3.09. The molecule has 4 heteroatoms. The number of hydrogen-bond acceptors (Lipinski definition) is 3. The molecule has 1 atom stereocenters. The van der Waals surface area contributed by atoms with Crippen molar-refractivity contribution in [2.75, 3.05) is 6.54 Å². The molecule has 2 aromatic heterocycles. The molecule has 0 saturated heterocycles. The Bertz CT molecular complexity index is 543. The van der Waals surface area contributed by atoms with Gasteiger partial charge in [0, 0.05) is 31.1 Å². The Morgan fingerprint density at radius 3 is 2.90 bits per heavy atom. The summed E-state index contributed by atoms with van der Waals surface area (Å²) in [5.74, 6) is 0. The first kappa shape index (κ1) is 14.3. The number of pyridine rings is 1. The molecule has 4 nitrogen and oxygen atoms in total. The summed E-state index contributed by atoms with van der Waals surface area (Å²) in [7, 11) is 0. The minimum Gasteiger partial charge on any atom is -0.310 e. The van der Waals surface area contributed by atoms with E-state index < -0.39 is 0 Å². The van der Waals surface area contributed by atoms with Crippen LogP contribution in [0.25, 0.3) is 0 Å². The van der Waals surface area contributed by atoms with Crippen LogP contribution in [0.2, 0.25) is 0 Å². The maximum Gasteiger partial charge on any atom is 0.0643 e. The Balaban J connectivity index is 1.71. The molecule has 112 valence electrons. The van der Waals surface area contributed by atoms with E-state index in [-0.39, 0.29) is 6.04 Å². The summed E-state index contributed by atoms with van der Waals surface area (Å²) in [6, 6.07) is 7.20. The molecule has 1 N–H and O–H groups in total. The topological polar surface area (TPSA) is 42.7 Å². The van der Waals surface area contributed by atoms with Crippen LogP contribution >= 0.6 is 0 Å². The minimum atomic E-state index is 0.288. The lowest BCUT2D eigenvalue weighted by atomic mass is 10.0. The summed E-state index contributed by atoms with van der Waals surface area (Å²) in [4.78, 5) is 4.23. The van der Waals surface area contributed by atoms with Crippen molar-refractivity contribution in [3.8, 4) is 0 Å². The lowest BCUT2D eigenvalue weighted by molar-refractivity contribution is 0.457. The van der Waals surface area contributed by atoms with Crippen LogP contribution in [0.15, 0.2) is 36.8 Å². The zero-order chi connectivity index (χ0) is 14.5. The van der Waals surface area contributed by atoms with E-state index in [0.717, 1.165) is 18.7 Å². The van der Waals surface area contributed by atoms with Crippen LogP contribution in [0.5, 0.6) is 0 Å². The maximum atomic E-state index is 4.80. The number of hydrogen-bond donors (Lipinski definition) is 1. The van der Waals surface area contributed by atoms with Crippen LogP contribution in [-0.2, 0) is 6.42 Å². The van der Waals surface area contributed by atoms with E-state index in [2.05, 4.69) is 40.2 Å². The van der Waals surface area contributed by atoms with E-state index in [9.17, 15) is 0 Å². The lowest BCUT2D eigenvalue weighted by Gasteiger charge is -2.17. The summed E-state index contributed by atoms with van der Waals surface area (Å²) in [5, 5.41) is 8.33. The standard InChI is InChI=1S/C17H24N4/c1-2-19-17(14-6-5-10-18-13-14)12-15-9-11-21(20-15)16-7-3-4-8-16/h5-6,9-11,13,16-17,19H,2-4,7-8,12H2,1H3. The zero-order valence-electron chi connectivity index (χ0n) is 12.7. The lowest BCUT2D eigenvalue weighted by Crippen LogP contribution is -2.23. The van der Waals surface area contributed by atoms with Gasteiger partial charge in [-0.1, -0.05) is 25.8 Å². The van der Waals surface area contributed by atoms with Gasteiger partial charge in [0.05, 0.1) is 11.7 Å². The van der Waals surface area contributed by atoms with Gasteiger partial charge in [-0.15, -0.1) is 0 Å². The van der Waals surface area contributed by atoms with Crippen LogP contribution in [0.3, 0.4) is 0 Å². The van der Waals surface area contributed by atoms with E-state index in [0.29, 0.717) is 6.04 Å². The van der Waals surface area contributed by atoms with E-state index in [1.165, 1.54) is 31.2 Å². The van der Waals surface area contributed by atoms with E-state index in [4.69, 9.17) is 5.10 Å². The molecule has 1 aliphatic carbocycles. The molecule has 0 radical (unpaired) electrons. The molecule has 1 aliphatic rings. The SMILES string of the molecule is CCNC(Cc1ccn(C2CCCC2)n1)c1cccnc1. The second kappa shape index (κ2) is 6.85. The molecule has 0 aromatic carbocycles. The fraction of sp³-hybridized carbons (Fsp3) is 0.529. The molecular formula is C17H24N4. The first-order valence-corrected chi connectivity index (χ1v) is 8.04. The van der Waals surface area contributed by atoms with Gasteiger partial charge in [0.1, 0.15) is 0 Å². The van der Waals surface area contributed by atoms with Crippen molar-refractivity contribution >= 4 is 0 Å². The molecule has 1 saturated carbocycles. The fourth-order valence-electron chi connectivity index (χ4n) is 3.20. The number of likely N-dealkylation sites (N-methyl/N-ethyl adjacent to an activating group) is 1. The van der Waals surface area contributed by atoms with Crippen molar-refractivity contribution in [1.82, 2.24) is 20.1 Å². The van der Waals surface area contributed by atoms with E-state index in [1.807, 2.05) is 18.5 Å². The monoisotopic (exact) mass is 284 g/mol. The fourth-order valence-corrected chi connectivity index (χ4v) is 3.20. The normalized spacial score (nSPS) is 17.2. The average molecular weight is 284 g/mol. The number of nitrogens with one attached hydrogen (secondary N) is 1. The van der Waals surface area contributed by atoms with E-state index in [1.54, 1.807) is 0 Å². The summed E-state index contributed by atoms with van der Waals surface area (Å²) >= 11 is 0. The Morgan fingerprint density at radius 2 is 2.19 bits per heavy atom. The highest BCUT2D eigenvalue weighted by molar-refractivity contribution is 5.17. The van der Waals surface area contributed by atoms with Gasteiger partial charge in [-0.05, 0) is 37.1 Å². The van der Waals surface area contributed by atoms with Gasteiger partial charge in [-0.2, -0.15) is 5.10 Å². The van der Waals surface area contributed by atoms with Gasteiger partial charge in [0.15, 0.2) is 0 Å². The Morgan fingerprint density at radius 1 is 1.33 bits per heavy atom. The summed E-state index contributed by atoms with van der Waals surface area (Å²) in [5.41, 5.74) is 2.39. The summed E-state index contributed by atoms with van der Waals surface area (Å²) < 4.78 is 2.18. The van der Waals surface area contributed by atoms with Crippen molar-refractivity contribution in [1.29, 1.82) is 0 Å². The largest absolute Gasteiger partial charge is 0.310 e. The van der Waals surface area contributed by atoms with Crippen molar-refractivity contribution < 1.29 is 0 Å². The van der Waals surface area contributed by atoms with Gasteiger partial charge >= 0.3 is 0 Å². The molecule has 2 aromatic rings. The first-order valence-electron chi connectivity index (χ1n) is 8.04. The molecule has 21 heavy (non-hydrogen) atoms. The summed E-state index contributed by atoms with van der Waals surface area (Å²) in [6.07, 6.45) is 12.1. The highest BCUT2D eigenvalue weighted by atomic mass is 15.3.